The van der Waals surface area contributed by atoms with Crippen molar-refractivity contribution in [2.45, 2.75) is 52.0 Å². The molecular formula is C17H28N2O. The number of hydrogen-bond acceptors (Lipinski definition) is 2. The topological polar surface area (TPSA) is 55.1 Å². The van der Waals surface area contributed by atoms with E-state index in [0.717, 1.165) is 24.8 Å². The highest BCUT2D eigenvalue weighted by Gasteiger charge is 2.28. The SMILES string of the molecule is CCC(CC)(CC)NC(=O)C(CN)Cc1ccccc1. The summed E-state index contributed by atoms with van der Waals surface area (Å²) in [5.74, 6) is -0.0664. The van der Waals surface area contributed by atoms with Crippen LogP contribution in [0.5, 0.6) is 0 Å². The molecule has 0 aliphatic carbocycles. The van der Waals surface area contributed by atoms with E-state index in [4.69, 9.17) is 5.73 Å². The Morgan fingerprint density at radius 1 is 1.15 bits per heavy atom. The molecule has 0 spiro atoms. The quantitative estimate of drug-likeness (QED) is 0.767. The van der Waals surface area contributed by atoms with Gasteiger partial charge in [-0.3, -0.25) is 4.79 Å². The lowest BCUT2D eigenvalue weighted by Crippen LogP contribution is -2.50. The molecule has 1 aromatic rings. The zero-order chi connectivity index (χ0) is 15.0. The van der Waals surface area contributed by atoms with Crippen LogP contribution in [-0.2, 0) is 11.2 Å². The number of benzene rings is 1. The molecule has 1 unspecified atom stereocenters. The largest absolute Gasteiger partial charge is 0.350 e. The van der Waals surface area contributed by atoms with Crippen LogP contribution in [0, 0.1) is 5.92 Å². The molecule has 3 nitrogen and oxygen atoms in total. The summed E-state index contributed by atoms with van der Waals surface area (Å²) in [7, 11) is 0. The molecule has 20 heavy (non-hydrogen) atoms. The van der Waals surface area contributed by atoms with Crippen molar-refractivity contribution in [3.05, 3.63) is 35.9 Å². The third kappa shape index (κ3) is 4.34. The summed E-state index contributed by atoms with van der Waals surface area (Å²) < 4.78 is 0. The number of rotatable bonds is 8. The van der Waals surface area contributed by atoms with Crippen LogP contribution in [0.3, 0.4) is 0 Å². The molecule has 1 rings (SSSR count). The number of amides is 1. The van der Waals surface area contributed by atoms with Crippen LogP contribution in [0.25, 0.3) is 0 Å². The lowest BCUT2D eigenvalue weighted by atomic mass is 9.88. The minimum Gasteiger partial charge on any atom is -0.350 e. The highest BCUT2D eigenvalue weighted by Crippen LogP contribution is 2.20. The van der Waals surface area contributed by atoms with E-state index < -0.39 is 0 Å². The van der Waals surface area contributed by atoms with E-state index in [1.807, 2.05) is 30.3 Å². The fourth-order valence-corrected chi connectivity index (χ4v) is 2.56. The van der Waals surface area contributed by atoms with Gasteiger partial charge in [-0.15, -0.1) is 0 Å². The standard InChI is InChI=1S/C17H28N2O/c1-4-17(5-2,6-3)19-16(20)15(13-18)12-14-10-8-7-9-11-14/h7-11,15H,4-6,12-13,18H2,1-3H3,(H,19,20). The van der Waals surface area contributed by atoms with Gasteiger partial charge in [-0.1, -0.05) is 51.1 Å². The van der Waals surface area contributed by atoms with Crippen LogP contribution < -0.4 is 11.1 Å². The highest BCUT2D eigenvalue weighted by molar-refractivity contribution is 5.80. The van der Waals surface area contributed by atoms with Crippen LogP contribution in [0.2, 0.25) is 0 Å². The van der Waals surface area contributed by atoms with E-state index in [1.165, 1.54) is 0 Å². The fraction of sp³-hybridized carbons (Fsp3) is 0.588. The summed E-state index contributed by atoms with van der Waals surface area (Å²) in [4.78, 5) is 12.5. The minimum atomic E-state index is -0.151. The molecule has 0 radical (unpaired) electrons. The van der Waals surface area contributed by atoms with Crippen molar-refractivity contribution in [1.29, 1.82) is 0 Å². The van der Waals surface area contributed by atoms with E-state index in [0.29, 0.717) is 13.0 Å². The van der Waals surface area contributed by atoms with Crippen LogP contribution in [0.15, 0.2) is 30.3 Å². The number of carbonyl (C=O) groups excluding carboxylic acids is 1. The first-order chi connectivity index (χ1) is 9.60. The molecule has 1 amide bonds. The van der Waals surface area contributed by atoms with E-state index in [2.05, 4.69) is 26.1 Å². The molecule has 0 aliphatic heterocycles. The summed E-state index contributed by atoms with van der Waals surface area (Å²) in [5, 5.41) is 3.23. The maximum absolute atomic E-state index is 12.5. The molecule has 0 bridgehead atoms. The van der Waals surface area contributed by atoms with Gasteiger partial charge in [0.15, 0.2) is 0 Å². The second kappa shape index (κ2) is 8.05. The zero-order valence-electron chi connectivity index (χ0n) is 13.0. The fourth-order valence-electron chi connectivity index (χ4n) is 2.56. The molecule has 1 aromatic carbocycles. The first-order valence-electron chi connectivity index (χ1n) is 7.66. The lowest BCUT2D eigenvalue weighted by Gasteiger charge is -2.33. The normalized spacial score (nSPS) is 13.0. The van der Waals surface area contributed by atoms with Gasteiger partial charge in [0.1, 0.15) is 0 Å². The van der Waals surface area contributed by atoms with Crippen molar-refractivity contribution >= 4 is 5.91 Å². The van der Waals surface area contributed by atoms with Crippen LogP contribution in [-0.4, -0.2) is 18.0 Å². The van der Waals surface area contributed by atoms with Crippen LogP contribution in [0.1, 0.15) is 45.6 Å². The van der Waals surface area contributed by atoms with Gasteiger partial charge in [-0.05, 0) is 31.2 Å². The number of carbonyl (C=O) groups is 1. The van der Waals surface area contributed by atoms with Gasteiger partial charge >= 0.3 is 0 Å². The second-order valence-corrected chi connectivity index (χ2v) is 5.45. The van der Waals surface area contributed by atoms with Gasteiger partial charge in [0.25, 0.3) is 0 Å². The summed E-state index contributed by atoms with van der Waals surface area (Å²) in [6, 6.07) is 10.1. The summed E-state index contributed by atoms with van der Waals surface area (Å²) in [6.45, 7) is 6.76. The lowest BCUT2D eigenvalue weighted by molar-refractivity contribution is -0.126. The molecule has 0 fully saturated rings. The smallest absolute Gasteiger partial charge is 0.225 e. The maximum atomic E-state index is 12.5. The second-order valence-electron chi connectivity index (χ2n) is 5.45. The van der Waals surface area contributed by atoms with Gasteiger partial charge in [0.05, 0.1) is 5.92 Å². The first-order valence-corrected chi connectivity index (χ1v) is 7.66. The van der Waals surface area contributed by atoms with Gasteiger partial charge in [0, 0.05) is 12.1 Å². The summed E-state index contributed by atoms with van der Waals surface area (Å²) in [5.41, 5.74) is 6.88. The van der Waals surface area contributed by atoms with Crippen molar-refractivity contribution in [1.82, 2.24) is 5.32 Å². The molecule has 0 heterocycles. The van der Waals surface area contributed by atoms with Gasteiger partial charge in [-0.25, -0.2) is 0 Å². The van der Waals surface area contributed by atoms with Crippen LogP contribution >= 0.6 is 0 Å². The molecule has 1 atom stereocenters. The minimum absolute atomic E-state index is 0.0822. The van der Waals surface area contributed by atoms with Crippen molar-refractivity contribution in [3.8, 4) is 0 Å². The molecule has 3 heteroatoms. The molecule has 0 aliphatic rings. The first kappa shape index (κ1) is 16.7. The van der Waals surface area contributed by atoms with Crippen molar-refractivity contribution in [2.24, 2.45) is 11.7 Å². The van der Waals surface area contributed by atoms with Crippen molar-refractivity contribution in [3.63, 3.8) is 0 Å². The molecular weight excluding hydrogens is 248 g/mol. The van der Waals surface area contributed by atoms with E-state index in [9.17, 15) is 4.79 Å². The molecule has 112 valence electrons. The van der Waals surface area contributed by atoms with E-state index in [-0.39, 0.29) is 17.4 Å². The van der Waals surface area contributed by atoms with Gasteiger partial charge in [-0.2, -0.15) is 0 Å². The Morgan fingerprint density at radius 3 is 2.15 bits per heavy atom. The average molecular weight is 276 g/mol. The van der Waals surface area contributed by atoms with E-state index >= 15 is 0 Å². The van der Waals surface area contributed by atoms with Crippen LogP contribution in [0.4, 0.5) is 0 Å². The third-order valence-corrected chi connectivity index (χ3v) is 4.40. The molecule has 0 saturated carbocycles. The third-order valence-electron chi connectivity index (χ3n) is 4.40. The Hall–Kier alpha value is -1.35. The van der Waals surface area contributed by atoms with E-state index in [1.54, 1.807) is 0 Å². The van der Waals surface area contributed by atoms with Gasteiger partial charge in [0.2, 0.25) is 5.91 Å². The summed E-state index contributed by atoms with van der Waals surface area (Å²) in [6.07, 6.45) is 3.56. The Balaban J connectivity index is 2.72. The maximum Gasteiger partial charge on any atom is 0.225 e. The zero-order valence-corrected chi connectivity index (χ0v) is 13.0. The molecule has 3 N–H and O–H groups in total. The van der Waals surface area contributed by atoms with Crippen molar-refractivity contribution < 1.29 is 4.79 Å². The Labute approximate surface area is 122 Å². The van der Waals surface area contributed by atoms with Crippen molar-refractivity contribution in [2.75, 3.05) is 6.54 Å². The number of nitrogens with one attached hydrogen (secondary N) is 1. The number of nitrogens with two attached hydrogens (primary N) is 1. The summed E-state index contributed by atoms with van der Waals surface area (Å²) >= 11 is 0. The Bertz CT molecular complexity index is 390. The Kier molecular flexibility index (Phi) is 6.73. The monoisotopic (exact) mass is 276 g/mol. The number of hydrogen-bond donors (Lipinski definition) is 2. The average Bonchev–Trinajstić information content (AvgIpc) is 2.51. The predicted molar refractivity (Wildman–Crippen MR) is 84.4 cm³/mol. The molecule has 0 aromatic heterocycles. The van der Waals surface area contributed by atoms with Gasteiger partial charge < -0.3 is 11.1 Å². The predicted octanol–water partition coefficient (Wildman–Crippen LogP) is 2.89. The Morgan fingerprint density at radius 2 is 1.70 bits per heavy atom. The molecule has 0 saturated heterocycles. The highest BCUT2D eigenvalue weighted by atomic mass is 16.2.